The minimum absolute atomic E-state index is 0.544. The Morgan fingerprint density at radius 3 is 1.64 bits per heavy atom. The Morgan fingerprint density at radius 1 is 0.682 bits per heavy atom. The van der Waals surface area contributed by atoms with Crippen molar-refractivity contribution in [2.24, 2.45) is 0 Å². The van der Waals surface area contributed by atoms with Crippen LogP contribution in [0.1, 0.15) is 123 Å². The average Bonchev–Trinajstić information content (AvgIpc) is 3.02. The van der Waals surface area contributed by atoms with Gasteiger partial charge in [-0.05, 0) is 24.1 Å². The molecule has 3 aromatic rings. The van der Waals surface area contributed by atoms with Gasteiger partial charge >= 0.3 is 10.4 Å². The average molecular weight is 627 g/mol. The Hall–Kier alpha value is -2.88. The Morgan fingerprint density at radius 2 is 1.16 bits per heavy atom. The van der Waals surface area contributed by atoms with E-state index in [9.17, 15) is 8.42 Å². The molecular formula is C35H52N3O5S+. The normalized spacial score (nSPS) is 12.3. The number of ether oxygens (including phenoxy) is 1. The van der Waals surface area contributed by atoms with Gasteiger partial charge in [0, 0.05) is 42.6 Å². The fourth-order valence-corrected chi connectivity index (χ4v) is 5.72. The number of nitrogens with zero attached hydrogens (tertiary/aromatic N) is 3. The Balaban J connectivity index is 1.25. The highest BCUT2D eigenvalue weighted by Crippen LogP contribution is 2.23. The molecule has 1 N–H and O–H groups in total. The molecule has 242 valence electrons. The van der Waals surface area contributed by atoms with E-state index in [0.717, 1.165) is 35.5 Å². The summed E-state index contributed by atoms with van der Waals surface area (Å²) in [6, 6.07) is 11.5. The van der Waals surface area contributed by atoms with E-state index in [1.165, 1.54) is 108 Å². The largest absolute Gasteiger partial charge is 0.494 e. The van der Waals surface area contributed by atoms with Crippen LogP contribution in [0.3, 0.4) is 0 Å². The Bertz CT molecular complexity index is 1280. The molecule has 0 bridgehead atoms. The zero-order chi connectivity index (χ0) is 31.5. The molecule has 8 nitrogen and oxygen atoms in total. The predicted molar refractivity (Wildman–Crippen MR) is 175 cm³/mol. The van der Waals surface area contributed by atoms with Crippen molar-refractivity contribution in [1.82, 2.24) is 9.97 Å². The van der Waals surface area contributed by atoms with Gasteiger partial charge in [-0.2, -0.15) is 17.2 Å². The van der Waals surface area contributed by atoms with Gasteiger partial charge in [-0.25, -0.2) is 9.97 Å². The first-order chi connectivity index (χ1) is 21.4. The topological polar surface area (TPSA) is 102 Å². The van der Waals surface area contributed by atoms with E-state index in [1.54, 1.807) is 36.9 Å². The number of hydrogen-bond acceptors (Lipinski definition) is 6. The molecule has 0 radical (unpaired) electrons. The molecule has 1 atom stereocenters. The van der Waals surface area contributed by atoms with Gasteiger partial charge in [0.2, 0.25) is 0 Å². The first-order valence-corrected chi connectivity index (χ1v) is 17.9. The van der Waals surface area contributed by atoms with Crippen LogP contribution in [0.5, 0.6) is 5.75 Å². The second kappa shape index (κ2) is 20.2. The summed E-state index contributed by atoms with van der Waals surface area (Å²) in [5.74, 6) is 1.42. The molecule has 2 heterocycles. The van der Waals surface area contributed by atoms with Crippen molar-refractivity contribution in [3.63, 3.8) is 0 Å². The zero-order valence-electron chi connectivity index (χ0n) is 26.7. The Labute approximate surface area is 265 Å². The van der Waals surface area contributed by atoms with E-state index in [0.29, 0.717) is 5.82 Å². The molecule has 0 saturated carbocycles. The summed E-state index contributed by atoms with van der Waals surface area (Å²) in [7, 11) is -4.54. The van der Waals surface area contributed by atoms with E-state index in [2.05, 4.69) is 21.1 Å². The van der Waals surface area contributed by atoms with Gasteiger partial charge in [-0.15, -0.1) is 0 Å². The van der Waals surface area contributed by atoms with Gasteiger partial charge in [0.25, 0.3) is 6.23 Å². The van der Waals surface area contributed by atoms with Gasteiger partial charge < -0.3 is 4.74 Å². The van der Waals surface area contributed by atoms with Crippen molar-refractivity contribution in [2.45, 2.75) is 123 Å². The van der Waals surface area contributed by atoms with E-state index in [1.807, 2.05) is 24.3 Å². The van der Waals surface area contributed by atoms with Gasteiger partial charge in [0.15, 0.2) is 18.2 Å². The summed E-state index contributed by atoms with van der Waals surface area (Å²) in [5.41, 5.74) is 2.68. The van der Waals surface area contributed by atoms with Crippen molar-refractivity contribution in [2.75, 3.05) is 6.61 Å². The summed E-state index contributed by atoms with van der Waals surface area (Å²) in [6.07, 6.45) is 27.8. The van der Waals surface area contributed by atoms with Crippen LogP contribution in [0, 0.1) is 0 Å². The smallest absolute Gasteiger partial charge is 0.402 e. The molecule has 1 aromatic carbocycles. The van der Waals surface area contributed by atoms with Crippen molar-refractivity contribution in [1.29, 1.82) is 0 Å². The third-order valence-electron chi connectivity index (χ3n) is 7.90. The second-order valence-corrected chi connectivity index (χ2v) is 12.7. The highest BCUT2D eigenvalue weighted by molar-refractivity contribution is 7.80. The minimum Gasteiger partial charge on any atom is -0.494 e. The van der Waals surface area contributed by atoms with E-state index in [-0.39, 0.29) is 0 Å². The SMILES string of the molecule is CCCCCCCCCCCCCCCCCCOc1ccc(-c2cnc(-c3cc[n+](C(C)OS(=O)(=O)O)cc3)nc2)cc1. The first kappa shape index (κ1) is 35.6. The summed E-state index contributed by atoms with van der Waals surface area (Å²) in [4.78, 5) is 8.98. The molecule has 0 amide bonds. The van der Waals surface area contributed by atoms with Crippen LogP contribution in [0.4, 0.5) is 0 Å². The molecule has 3 rings (SSSR count). The maximum Gasteiger partial charge on any atom is 0.402 e. The van der Waals surface area contributed by atoms with Gasteiger partial charge in [0.1, 0.15) is 5.75 Å². The molecule has 0 fully saturated rings. The van der Waals surface area contributed by atoms with Gasteiger partial charge in [-0.1, -0.05) is 115 Å². The molecule has 0 aliphatic carbocycles. The fourth-order valence-electron chi connectivity index (χ4n) is 5.27. The van der Waals surface area contributed by atoms with Crippen molar-refractivity contribution in [3.05, 3.63) is 61.2 Å². The van der Waals surface area contributed by atoms with Gasteiger partial charge in [0.05, 0.1) is 6.61 Å². The third kappa shape index (κ3) is 14.3. The molecule has 44 heavy (non-hydrogen) atoms. The molecule has 0 aliphatic rings. The third-order valence-corrected chi connectivity index (χ3v) is 8.42. The number of aromatic nitrogens is 3. The number of unbranched alkanes of at least 4 members (excludes halogenated alkanes) is 15. The van der Waals surface area contributed by atoms with Crippen LogP contribution >= 0.6 is 0 Å². The standard InChI is InChI=1S/C35H51N3O5S/c1-3-4-5-6-7-8-9-10-11-12-13-14-15-16-17-18-27-42-34-21-19-31(20-22-34)33-28-36-35(37-29-33)32-23-25-38(26-24-32)30(2)43-44(39,40)41/h19-26,28-30H,3-18,27H2,1-2H3/p+1. The highest BCUT2D eigenvalue weighted by Gasteiger charge is 2.20. The lowest BCUT2D eigenvalue weighted by Gasteiger charge is -2.08. The summed E-state index contributed by atoms with van der Waals surface area (Å²) in [5, 5.41) is 0. The van der Waals surface area contributed by atoms with Gasteiger partial charge in [-0.3, -0.25) is 4.55 Å². The van der Waals surface area contributed by atoms with Crippen LogP contribution in [-0.4, -0.2) is 29.5 Å². The van der Waals surface area contributed by atoms with E-state index in [4.69, 9.17) is 9.29 Å². The van der Waals surface area contributed by atoms with Crippen LogP contribution in [-0.2, 0) is 14.6 Å². The lowest BCUT2D eigenvalue weighted by molar-refractivity contribution is -0.750. The molecule has 0 saturated heterocycles. The molecular weight excluding hydrogens is 574 g/mol. The summed E-state index contributed by atoms with van der Waals surface area (Å²) < 4.78 is 42.7. The maximum absolute atomic E-state index is 10.9. The van der Waals surface area contributed by atoms with Crippen LogP contribution in [0.25, 0.3) is 22.5 Å². The molecule has 9 heteroatoms. The predicted octanol–water partition coefficient (Wildman–Crippen LogP) is 9.08. The van der Waals surface area contributed by atoms with Crippen molar-refractivity contribution < 1.29 is 26.5 Å². The zero-order valence-corrected chi connectivity index (χ0v) is 27.5. The second-order valence-electron chi connectivity index (χ2n) is 11.6. The number of hydrogen-bond donors (Lipinski definition) is 1. The minimum atomic E-state index is -4.54. The highest BCUT2D eigenvalue weighted by atomic mass is 32.3. The molecule has 1 unspecified atom stereocenters. The van der Waals surface area contributed by atoms with Crippen LogP contribution in [0.15, 0.2) is 61.2 Å². The lowest BCUT2D eigenvalue weighted by atomic mass is 10.0. The van der Waals surface area contributed by atoms with Crippen LogP contribution < -0.4 is 9.30 Å². The van der Waals surface area contributed by atoms with E-state index >= 15 is 0 Å². The van der Waals surface area contributed by atoms with Crippen LogP contribution in [0.2, 0.25) is 0 Å². The lowest BCUT2D eigenvalue weighted by Crippen LogP contribution is -2.39. The molecule has 2 aromatic heterocycles. The Kier molecular flexibility index (Phi) is 16.3. The summed E-state index contributed by atoms with van der Waals surface area (Å²) in [6.45, 7) is 4.53. The summed E-state index contributed by atoms with van der Waals surface area (Å²) >= 11 is 0. The quantitative estimate of drug-likeness (QED) is 0.0636. The van der Waals surface area contributed by atoms with Crippen molar-refractivity contribution >= 4 is 10.4 Å². The van der Waals surface area contributed by atoms with E-state index < -0.39 is 16.6 Å². The number of benzene rings is 1. The molecule has 0 aliphatic heterocycles. The first-order valence-electron chi connectivity index (χ1n) is 16.6. The monoisotopic (exact) mass is 626 g/mol. The number of pyridine rings is 1. The molecule has 0 spiro atoms. The maximum atomic E-state index is 10.9. The van der Waals surface area contributed by atoms with Crippen molar-refractivity contribution in [3.8, 4) is 28.3 Å². The number of rotatable bonds is 23. The fraction of sp³-hybridized carbons (Fsp3) is 0.571.